The fourth-order valence-electron chi connectivity index (χ4n) is 1.80. The summed E-state index contributed by atoms with van der Waals surface area (Å²) in [5, 5.41) is 6.43. The third kappa shape index (κ3) is 4.61. The average Bonchev–Trinajstić information content (AvgIpc) is 2.31. The maximum absolute atomic E-state index is 11.5. The lowest BCUT2D eigenvalue weighted by Crippen LogP contribution is -2.41. The Morgan fingerprint density at radius 2 is 2.29 bits per heavy atom. The van der Waals surface area contributed by atoms with Gasteiger partial charge in [-0.25, -0.2) is 0 Å². The van der Waals surface area contributed by atoms with Crippen molar-refractivity contribution in [3.05, 3.63) is 0 Å². The van der Waals surface area contributed by atoms with Gasteiger partial charge in [0.15, 0.2) is 0 Å². The molecule has 0 aromatic rings. The highest BCUT2D eigenvalue weighted by Crippen LogP contribution is 2.05. The van der Waals surface area contributed by atoms with E-state index in [1.165, 1.54) is 12.8 Å². The highest BCUT2D eigenvalue weighted by atomic mass is 16.1. The molecule has 3 nitrogen and oxygen atoms in total. The largest absolute Gasteiger partial charge is 0.352 e. The second-order valence-corrected chi connectivity index (χ2v) is 4.56. The normalized spacial score (nSPS) is 23.2. The molecule has 1 aliphatic heterocycles. The SMILES string of the molecule is CC(C)CC(=O)NC1CCCCNC1. The van der Waals surface area contributed by atoms with E-state index in [1.807, 2.05) is 0 Å². The van der Waals surface area contributed by atoms with Crippen molar-refractivity contribution >= 4 is 5.91 Å². The van der Waals surface area contributed by atoms with Crippen molar-refractivity contribution in [2.24, 2.45) is 5.92 Å². The first-order valence-corrected chi connectivity index (χ1v) is 5.68. The van der Waals surface area contributed by atoms with E-state index >= 15 is 0 Å². The summed E-state index contributed by atoms with van der Waals surface area (Å²) in [7, 11) is 0. The number of nitrogens with one attached hydrogen (secondary N) is 2. The van der Waals surface area contributed by atoms with E-state index in [-0.39, 0.29) is 5.91 Å². The molecule has 1 saturated heterocycles. The quantitative estimate of drug-likeness (QED) is 0.717. The molecule has 1 aliphatic rings. The molecule has 3 heteroatoms. The molecule has 0 aromatic carbocycles. The standard InChI is InChI=1S/C11H22N2O/c1-9(2)7-11(14)13-10-5-3-4-6-12-8-10/h9-10,12H,3-8H2,1-2H3,(H,13,14). The Morgan fingerprint density at radius 3 is 3.00 bits per heavy atom. The lowest BCUT2D eigenvalue weighted by atomic mass is 10.1. The summed E-state index contributed by atoms with van der Waals surface area (Å²) < 4.78 is 0. The van der Waals surface area contributed by atoms with Gasteiger partial charge in [-0.2, -0.15) is 0 Å². The highest BCUT2D eigenvalue weighted by Gasteiger charge is 2.14. The van der Waals surface area contributed by atoms with Crippen LogP contribution in [0.3, 0.4) is 0 Å². The van der Waals surface area contributed by atoms with Gasteiger partial charge in [-0.05, 0) is 25.3 Å². The second kappa shape index (κ2) is 6.02. The van der Waals surface area contributed by atoms with Crippen LogP contribution in [0.5, 0.6) is 0 Å². The molecule has 0 aromatic heterocycles. The second-order valence-electron chi connectivity index (χ2n) is 4.56. The minimum atomic E-state index is 0.202. The Balaban J connectivity index is 2.23. The van der Waals surface area contributed by atoms with Gasteiger partial charge in [0.2, 0.25) is 5.91 Å². The van der Waals surface area contributed by atoms with E-state index in [0.717, 1.165) is 19.5 Å². The summed E-state index contributed by atoms with van der Waals surface area (Å²) in [5.74, 6) is 0.655. The maximum Gasteiger partial charge on any atom is 0.220 e. The van der Waals surface area contributed by atoms with Crippen LogP contribution in [0.1, 0.15) is 39.5 Å². The van der Waals surface area contributed by atoms with Crippen molar-refractivity contribution in [2.45, 2.75) is 45.6 Å². The molecular weight excluding hydrogens is 176 g/mol. The van der Waals surface area contributed by atoms with Gasteiger partial charge >= 0.3 is 0 Å². The monoisotopic (exact) mass is 198 g/mol. The van der Waals surface area contributed by atoms with Crippen LogP contribution >= 0.6 is 0 Å². The first kappa shape index (κ1) is 11.5. The molecule has 1 atom stereocenters. The average molecular weight is 198 g/mol. The third-order valence-electron chi connectivity index (χ3n) is 2.51. The van der Waals surface area contributed by atoms with Crippen molar-refractivity contribution < 1.29 is 4.79 Å². The topological polar surface area (TPSA) is 41.1 Å². The van der Waals surface area contributed by atoms with E-state index in [9.17, 15) is 4.79 Å². The minimum Gasteiger partial charge on any atom is -0.352 e. The van der Waals surface area contributed by atoms with Gasteiger partial charge in [0.05, 0.1) is 0 Å². The van der Waals surface area contributed by atoms with Crippen molar-refractivity contribution in [2.75, 3.05) is 13.1 Å². The minimum absolute atomic E-state index is 0.202. The summed E-state index contributed by atoms with van der Waals surface area (Å²) in [6, 6.07) is 0.351. The maximum atomic E-state index is 11.5. The Hall–Kier alpha value is -0.570. The highest BCUT2D eigenvalue weighted by molar-refractivity contribution is 5.76. The summed E-state index contributed by atoms with van der Waals surface area (Å²) in [4.78, 5) is 11.5. The Morgan fingerprint density at radius 1 is 1.50 bits per heavy atom. The van der Waals surface area contributed by atoms with Crippen LogP contribution in [-0.2, 0) is 4.79 Å². The molecule has 0 spiro atoms. The molecule has 0 bridgehead atoms. The van der Waals surface area contributed by atoms with Crippen LogP contribution in [-0.4, -0.2) is 25.0 Å². The van der Waals surface area contributed by atoms with Gasteiger partial charge in [-0.3, -0.25) is 4.79 Å². The summed E-state index contributed by atoms with van der Waals surface area (Å²) in [6.45, 7) is 6.18. The zero-order valence-electron chi connectivity index (χ0n) is 9.31. The van der Waals surface area contributed by atoms with Crippen molar-refractivity contribution in [3.8, 4) is 0 Å². The molecule has 1 unspecified atom stereocenters. The zero-order chi connectivity index (χ0) is 10.4. The van der Waals surface area contributed by atoms with Gasteiger partial charge in [0, 0.05) is 19.0 Å². The fraction of sp³-hybridized carbons (Fsp3) is 0.909. The molecule has 0 radical (unpaired) electrons. The van der Waals surface area contributed by atoms with E-state index < -0.39 is 0 Å². The predicted molar refractivity (Wildman–Crippen MR) is 58.1 cm³/mol. The van der Waals surface area contributed by atoms with Crippen LogP contribution in [0.4, 0.5) is 0 Å². The molecule has 1 fully saturated rings. The van der Waals surface area contributed by atoms with Crippen LogP contribution in [0, 0.1) is 5.92 Å². The van der Waals surface area contributed by atoms with Gasteiger partial charge in [0.1, 0.15) is 0 Å². The van der Waals surface area contributed by atoms with E-state index in [1.54, 1.807) is 0 Å². The summed E-state index contributed by atoms with van der Waals surface area (Å²) in [6.07, 6.45) is 4.23. The van der Waals surface area contributed by atoms with E-state index in [2.05, 4.69) is 24.5 Å². The first-order valence-electron chi connectivity index (χ1n) is 5.68. The van der Waals surface area contributed by atoms with Crippen molar-refractivity contribution in [3.63, 3.8) is 0 Å². The van der Waals surface area contributed by atoms with Crippen molar-refractivity contribution in [1.82, 2.24) is 10.6 Å². The van der Waals surface area contributed by atoms with Gasteiger partial charge < -0.3 is 10.6 Å². The number of rotatable bonds is 3. The zero-order valence-corrected chi connectivity index (χ0v) is 9.31. The van der Waals surface area contributed by atoms with Crippen LogP contribution < -0.4 is 10.6 Å². The number of amides is 1. The van der Waals surface area contributed by atoms with Crippen LogP contribution in [0.15, 0.2) is 0 Å². The lowest BCUT2D eigenvalue weighted by molar-refractivity contribution is -0.122. The number of carbonyl (C=O) groups is 1. The Bertz CT molecular complexity index is 172. The van der Waals surface area contributed by atoms with Gasteiger partial charge in [-0.1, -0.05) is 20.3 Å². The molecular formula is C11H22N2O. The van der Waals surface area contributed by atoms with Gasteiger partial charge in [0.25, 0.3) is 0 Å². The first-order chi connectivity index (χ1) is 6.68. The molecule has 1 heterocycles. The third-order valence-corrected chi connectivity index (χ3v) is 2.51. The van der Waals surface area contributed by atoms with Crippen LogP contribution in [0.25, 0.3) is 0 Å². The van der Waals surface area contributed by atoms with Crippen LogP contribution in [0.2, 0.25) is 0 Å². The molecule has 1 amide bonds. The number of carbonyl (C=O) groups excluding carboxylic acids is 1. The molecule has 0 aliphatic carbocycles. The summed E-state index contributed by atoms with van der Waals surface area (Å²) in [5.41, 5.74) is 0. The molecule has 82 valence electrons. The van der Waals surface area contributed by atoms with Crippen molar-refractivity contribution in [1.29, 1.82) is 0 Å². The lowest BCUT2D eigenvalue weighted by Gasteiger charge is -2.17. The summed E-state index contributed by atoms with van der Waals surface area (Å²) >= 11 is 0. The molecule has 14 heavy (non-hydrogen) atoms. The predicted octanol–water partition coefficient (Wildman–Crippen LogP) is 1.29. The molecule has 1 rings (SSSR count). The number of hydrogen-bond donors (Lipinski definition) is 2. The van der Waals surface area contributed by atoms with E-state index in [4.69, 9.17) is 0 Å². The molecule has 2 N–H and O–H groups in total. The number of hydrogen-bond acceptors (Lipinski definition) is 2. The fourth-order valence-corrected chi connectivity index (χ4v) is 1.80. The Kier molecular flexibility index (Phi) is 4.94. The van der Waals surface area contributed by atoms with E-state index in [0.29, 0.717) is 18.4 Å². The smallest absolute Gasteiger partial charge is 0.220 e. The van der Waals surface area contributed by atoms with Gasteiger partial charge in [-0.15, -0.1) is 0 Å². The Labute approximate surface area is 86.6 Å². The molecule has 0 saturated carbocycles.